The number of hydrogen-bond acceptors (Lipinski definition) is 5. The molecule has 0 aliphatic heterocycles. The summed E-state index contributed by atoms with van der Waals surface area (Å²) >= 11 is 1.58. The maximum atomic E-state index is 12.6. The lowest BCUT2D eigenvalue weighted by Gasteiger charge is -2.10. The average Bonchev–Trinajstić information content (AvgIpc) is 3.31. The van der Waals surface area contributed by atoms with Crippen molar-refractivity contribution in [2.24, 2.45) is 0 Å². The number of aryl methyl sites for hydroxylation is 1. The van der Waals surface area contributed by atoms with E-state index in [1.165, 1.54) is 17.0 Å². The van der Waals surface area contributed by atoms with Gasteiger partial charge in [-0.15, -0.1) is 11.3 Å². The van der Waals surface area contributed by atoms with Gasteiger partial charge in [0.25, 0.3) is 5.56 Å². The number of carbonyl (C=O) groups is 1. The van der Waals surface area contributed by atoms with Crippen LogP contribution in [0.3, 0.4) is 0 Å². The van der Waals surface area contributed by atoms with Gasteiger partial charge >= 0.3 is 0 Å². The number of ether oxygens (including phenoxy) is 1. The molecule has 0 amide bonds. The van der Waals surface area contributed by atoms with Crippen LogP contribution in [0, 0.1) is 6.92 Å². The second-order valence-corrected chi connectivity index (χ2v) is 7.90. The molecule has 0 atom stereocenters. The number of ketones is 1. The number of benzene rings is 2. The van der Waals surface area contributed by atoms with Crippen molar-refractivity contribution in [2.45, 2.75) is 13.7 Å². The minimum Gasteiger partial charge on any atom is -0.473 e. The molecule has 6 heteroatoms. The normalized spacial score (nSPS) is 11.5. The zero-order valence-corrected chi connectivity index (χ0v) is 17.7. The molecule has 0 aliphatic carbocycles. The number of allylic oxidation sites excluding steroid dienone is 2. The summed E-state index contributed by atoms with van der Waals surface area (Å²) in [4.78, 5) is 30.0. The number of carbonyl (C=O) groups excluding carboxylic acids is 1. The monoisotopic (exact) mass is 428 g/mol. The van der Waals surface area contributed by atoms with Gasteiger partial charge in [-0.1, -0.05) is 36.4 Å². The van der Waals surface area contributed by atoms with E-state index in [0.29, 0.717) is 16.7 Å². The zero-order chi connectivity index (χ0) is 21.6. The summed E-state index contributed by atoms with van der Waals surface area (Å²) in [6, 6.07) is 16.8. The first-order valence-corrected chi connectivity index (χ1v) is 10.6. The van der Waals surface area contributed by atoms with Crippen molar-refractivity contribution >= 4 is 40.2 Å². The SMILES string of the molecule is Cc1cccc2c(=O)n(COc3ccc(/C=C/C(=O)/C=C/c4cccs4)cc3)cnc12. The molecule has 2 aromatic carbocycles. The first-order chi connectivity index (χ1) is 15.1. The van der Waals surface area contributed by atoms with Crippen molar-refractivity contribution < 1.29 is 9.53 Å². The van der Waals surface area contributed by atoms with E-state index in [2.05, 4.69) is 4.98 Å². The van der Waals surface area contributed by atoms with Crippen LogP contribution < -0.4 is 10.3 Å². The molecule has 0 bridgehead atoms. The fourth-order valence-electron chi connectivity index (χ4n) is 3.03. The van der Waals surface area contributed by atoms with Crippen molar-refractivity contribution in [3.63, 3.8) is 0 Å². The van der Waals surface area contributed by atoms with Crippen molar-refractivity contribution in [1.82, 2.24) is 9.55 Å². The third kappa shape index (κ3) is 5.05. The summed E-state index contributed by atoms with van der Waals surface area (Å²) in [6.07, 6.45) is 8.15. The van der Waals surface area contributed by atoms with Gasteiger partial charge in [0.05, 0.1) is 10.9 Å². The van der Waals surface area contributed by atoms with Crippen LogP contribution in [0.15, 0.2) is 83.3 Å². The van der Waals surface area contributed by atoms with Crippen LogP contribution >= 0.6 is 11.3 Å². The molecule has 0 aliphatic rings. The quantitative estimate of drug-likeness (QED) is 0.384. The molecule has 2 heterocycles. The van der Waals surface area contributed by atoms with E-state index in [0.717, 1.165) is 16.0 Å². The summed E-state index contributed by atoms with van der Waals surface area (Å²) in [6.45, 7) is 2.00. The Labute approximate surface area is 183 Å². The molecule has 4 rings (SSSR count). The van der Waals surface area contributed by atoms with Crippen molar-refractivity contribution in [1.29, 1.82) is 0 Å². The molecule has 0 N–H and O–H groups in total. The highest BCUT2D eigenvalue weighted by Crippen LogP contribution is 2.15. The maximum absolute atomic E-state index is 12.6. The summed E-state index contributed by atoms with van der Waals surface area (Å²) < 4.78 is 7.17. The third-order valence-corrected chi connectivity index (χ3v) is 5.54. The highest BCUT2D eigenvalue weighted by atomic mass is 32.1. The second-order valence-electron chi connectivity index (χ2n) is 6.92. The van der Waals surface area contributed by atoms with E-state index >= 15 is 0 Å². The summed E-state index contributed by atoms with van der Waals surface area (Å²) in [5, 5.41) is 2.54. The molecular weight excluding hydrogens is 408 g/mol. The number of nitrogens with zero attached hydrogens (tertiary/aromatic N) is 2. The fourth-order valence-corrected chi connectivity index (χ4v) is 3.65. The lowest BCUT2D eigenvalue weighted by Crippen LogP contribution is -2.23. The Bertz CT molecular complexity index is 1320. The van der Waals surface area contributed by atoms with E-state index in [1.54, 1.807) is 47.8 Å². The van der Waals surface area contributed by atoms with Gasteiger partial charge in [0, 0.05) is 4.88 Å². The van der Waals surface area contributed by atoms with Gasteiger partial charge in [0.1, 0.15) is 12.1 Å². The molecule has 0 fully saturated rings. The molecule has 0 spiro atoms. The molecule has 154 valence electrons. The second kappa shape index (κ2) is 9.36. The molecule has 0 radical (unpaired) electrons. The molecule has 2 aromatic heterocycles. The standard InChI is InChI=1S/C25H20N2O3S/c1-18-4-2-6-23-24(18)26-16-27(25(23)29)17-30-21-12-8-19(9-13-21)7-10-20(28)11-14-22-5-3-15-31-22/h2-16H,17H2,1H3/b10-7+,14-11+. The molecule has 31 heavy (non-hydrogen) atoms. The first-order valence-electron chi connectivity index (χ1n) is 9.71. The number of hydrogen-bond donors (Lipinski definition) is 0. The maximum Gasteiger partial charge on any atom is 0.263 e. The Hall–Kier alpha value is -3.77. The van der Waals surface area contributed by atoms with Crippen LogP contribution in [-0.2, 0) is 11.5 Å². The zero-order valence-electron chi connectivity index (χ0n) is 16.9. The van der Waals surface area contributed by atoms with Crippen molar-refractivity contribution in [3.05, 3.63) is 105 Å². The van der Waals surface area contributed by atoms with Crippen LogP contribution in [0.4, 0.5) is 0 Å². The molecule has 0 saturated heterocycles. The van der Waals surface area contributed by atoms with Crippen molar-refractivity contribution in [2.75, 3.05) is 0 Å². The number of rotatable bonds is 7. The highest BCUT2D eigenvalue weighted by Gasteiger charge is 2.06. The summed E-state index contributed by atoms with van der Waals surface area (Å²) in [5.74, 6) is 0.546. The van der Waals surface area contributed by atoms with Crippen LogP contribution in [-0.4, -0.2) is 15.3 Å². The lowest BCUT2D eigenvalue weighted by molar-refractivity contribution is -0.110. The number of thiophene rings is 1. The van der Waals surface area contributed by atoms with Crippen LogP contribution in [0.5, 0.6) is 5.75 Å². The third-order valence-electron chi connectivity index (χ3n) is 4.70. The number of aromatic nitrogens is 2. The van der Waals surface area contributed by atoms with Gasteiger partial charge < -0.3 is 4.74 Å². The van der Waals surface area contributed by atoms with Gasteiger partial charge in [-0.3, -0.25) is 14.2 Å². The largest absolute Gasteiger partial charge is 0.473 e. The topological polar surface area (TPSA) is 61.2 Å². The van der Waals surface area contributed by atoms with E-state index in [9.17, 15) is 9.59 Å². The van der Waals surface area contributed by atoms with E-state index in [4.69, 9.17) is 4.74 Å². The Morgan fingerprint density at radius 3 is 2.65 bits per heavy atom. The van der Waals surface area contributed by atoms with Crippen LogP contribution in [0.2, 0.25) is 0 Å². The van der Waals surface area contributed by atoms with Crippen LogP contribution in [0.25, 0.3) is 23.1 Å². The van der Waals surface area contributed by atoms with Gasteiger partial charge in [-0.2, -0.15) is 0 Å². The Morgan fingerprint density at radius 1 is 1.06 bits per heavy atom. The first kappa shape index (κ1) is 20.5. The smallest absolute Gasteiger partial charge is 0.263 e. The Balaban J connectivity index is 1.38. The van der Waals surface area contributed by atoms with E-state index < -0.39 is 0 Å². The van der Waals surface area contributed by atoms with Gasteiger partial charge in [-0.05, 0) is 65.9 Å². The molecule has 5 nitrogen and oxygen atoms in total. The summed E-state index contributed by atoms with van der Waals surface area (Å²) in [5.41, 5.74) is 2.42. The van der Waals surface area contributed by atoms with Gasteiger partial charge in [0.2, 0.25) is 0 Å². The Kier molecular flexibility index (Phi) is 6.19. The van der Waals surface area contributed by atoms with E-state index in [-0.39, 0.29) is 18.1 Å². The van der Waals surface area contributed by atoms with Gasteiger partial charge in [0.15, 0.2) is 12.5 Å². The van der Waals surface area contributed by atoms with Crippen LogP contribution in [0.1, 0.15) is 16.0 Å². The predicted octanol–water partition coefficient (Wildman–Crippen LogP) is 5.10. The fraction of sp³-hybridized carbons (Fsp3) is 0.0800. The highest BCUT2D eigenvalue weighted by molar-refractivity contribution is 7.10. The number of para-hydroxylation sites is 1. The Morgan fingerprint density at radius 2 is 1.87 bits per heavy atom. The molecule has 4 aromatic rings. The minimum atomic E-state index is -0.137. The average molecular weight is 429 g/mol. The predicted molar refractivity (Wildman–Crippen MR) is 125 cm³/mol. The number of fused-ring (bicyclic) bond motifs is 1. The molecular formula is C25H20N2O3S. The van der Waals surface area contributed by atoms with E-state index in [1.807, 2.05) is 48.7 Å². The van der Waals surface area contributed by atoms with Crippen molar-refractivity contribution in [3.8, 4) is 5.75 Å². The lowest BCUT2D eigenvalue weighted by atomic mass is 10.1. The minimum absolute atomic E-state index is 0.0664. The molecule has 0 saturated carbocycles. The summed E-state index contributed by atoms with van der Waals surface area (Å²) in [7, 11) is 0. The molecule has 0 unspecified atom stereocenters. The van der Waals surface area contributed by atoms with Gasteiger partial charge in [-0.25, -0.2) is 4.98 Å².